The van der Waals surface area contributed by atoms with Gasteiger partial charge in [-0.1, -0.05) is 83.9 Å². The summed E-state index contributed by atoms with van der Waals surface area (Å²) < 4.78 is 1.19. The molecular weight excluding hydrogens is 310 g/mol. The molecule has 0 aliphatic carbocycles. The third-order valence-electron chi connectivity index (χ3n) is 4.44. The highest BCUT2D eigenvalue weighted by Crippen LogP contribution is 2.36. The summed E-state index contributed by atoms with van der Waals surface area (Å²) in [5.41, 5.74) is -0.565. The standard InChI is InChI=1S/C18H35NOS2/c1-4-7-9-11-13-18(20,14-12-10-8-5-2)16-15-22-17(19-16)21-6-3/h16,20H,4-15H2,1-3H3/t16-/m0/s1. The number of nitrogens with zero attached hydrogens (tertiary/aromatic N) is 1. The molecule has 2 nitrogen and oxygen atoms in total. The topological polar surface area (TPSA) is 32.6 Å². The van der Waals surface area contributed by atoms with Crippen LogP contribution in [0.3, 0.4) is 0 Å². The normalized spacial score (nSPS) is 18.7. The van der Waals surface area contributed by atoms with Crippen molar-refractivity contribution in [3.8, 4) is 0 Å². The van der Waals surface area contributed by atoms with Crippen LogP contribution in [0.15, 0.2) is 4.99 Å². The highest BCUT2D eigenvalue weighted by atomic mass is 32.2. The quantitative estimate of drug-likeness (QED) is 0.448. The Balaban J connectivity index is 2.56. The zero-order chi connectivity index (χ0) is 16.3. The average molecular weight is 346 g/mol. The van der Waals surface area contributed by atoms with Gasteiger partial charge in [-0.2, -0.15) is 0 Å². The highest BCUT2D eigenvalue weighted by molar-refractivity contribution is 8.39. The lowest BCUT2D eigenvalue weighted by atomic mass is 9.84. The van der Waals surface area contributed by atoms with E-state index in [1.54, 1.807) is 0 Å². The van der Waals surface area contributed by atoms with Gasteiger partial charge in [-0.15, -0.1) is 11.8 Å². The van der Waals surface area contributed by atoms with Gasteiger partial charge in [-0.25, -0.2) is 0 Å². The second-order valence-corrected chi connectivity index (χ2v) is 8.90. The minimum atomic E-state index is -0.565. The van der Waals surface area contributed by atoms with E-state index in [0.717, 1.165) is 37.2 Å². The van der Waals surface area contributed by atoms with E-state index in [2.05, 4.69) is 20.8 Å². The molecule has 0 saturated carbocycles. The molecule has 0 radical (unpaired) electrons. The van der Waals surface area contributed by atoms with Gasteiger partial charge in [0.25, 0.3) is 0 Å². The Morgan fingerprint density at radius 2 is 1.64 bits per heavy atom. The van der Waals surface area contributed by atoms with Crippen molar-refractivity contribution in [2.24, 2.45) is 4.99 Å². The maximum atomic E-state index is 11.3. The molecule has 0 bridgehead atoms. The van der Waals surface area contributed by atoms with Gasteiger partial charge < -0.3 is 5.11 Å². The third-order valence-corrected chi connectivity index (χ3v) is 6.62. The van der Waals surface area contributed by atoms with Crippen molar-refractivity contribution in [1.29, 1.82) is 0 Å². The lowest BCUT2D eigenvalue weighted by molar-refractivity contribution is 0.00111. The maximum absolute atomic E-state index is 11.3. The van der Waals surface area contributed by atoms with E-state index in [1.807, 2.05) is 23.5 Å². The van der Waals surface area contributed by atoms with Crippen LogP contribution in [0, 0.1) is 0 Å². The van der Waals surface area contributed by atoms with Crippen LogP contribution in [0.5, 0.6) is 0 Å². The summed E-state index contributed by atoms with van der Waals surface area (Å²) in [5, 5.41) is 11.3. The van der Waals surface area contributed by atoms with Crippen molar-refractivity contribution < 1.29 is 5.11 Å². The summed E-state index contributed by atoms with van der Waals surface area (Å²) in [4.78, 5) is 4.84. The van der Waals surface area contributed by atoms with E-state index in [-0.39, 0.29) is 6.04 Å². The molecule has 0 aromatic carbocycles. The van der Waals surface area contributed by atoms with E-state index in [0.29, 0.717) is 0 Å². The van der Waals surface area contributed by atoms with Gasteiger partial charge in [0.05, 0.1) is 11.6 Å². The van der Waals surface area contributed by atoms with Crippen LogP contribution < -0.4 is 0 Å². The Labute approximate surface area is 146 Å². The second kappa shape index (κ2) is 11.8. The molecule has 1 heterocycles. The first-order valence-electron chi connectivity index (χ1n) is 9.22. The van der Waals surface area contributed by atoms with E-state index >= 15 is 0 Å². The Hall–Kier alpha value is 0.330. The molecular formula is C18H35NOS2. The largest absolute Gasteiger partial charge is 0.388 e. The molecule has 0 spiro atoms. The zero-order valence-corrected chi connectivity index (χ0v) is 16.4. The van der Waals surface area contributed by atoms with Crippen molar-refractivity contribution in [3.05, 3.63) is 0 Å². The minimum Gasteiger partial charge on any atom is -0.388 e. The SMILES string of the molecule is CCCCCCC(O)(CCCCCC)[C@@H]1CSC(SCC)=N1. The summed E-state index contributed by atoms with van der Waals surface area (Å²) in [6.45, 7) is 6.65. The lowest BCUT2D eigenvalue weighted by Crippen LogP contribution is -2.41. The third kappa shape index (κ3) is 7.27. The van der Waals surface area contributed by atoms with E-state index in [9.17, 15) is 5.11 Å². The number of hydrogen-bond donors (Lipinski definition) is 1. The van der Waals surface area contributed by atoms with Crippen LogP contribution in [0.2, 0.25) is 0 Å². The fourth-order valence-corrected chi connectivity index (χ4v) is 5.23. The molecule has 1 atom stereocenters. The number of thioether (sulfide) groups is 2. The molecule has 1 N–H and O–H groups in total. The Kier molecular flexibility index (Phi) is 10.9. The fraction of sp³-hybridized carbons (Fsp3) is 0.944. The number of aliphatic hydroxyl groups is 1. The van der Waals surface area contributed by atoms with Crippen molar-refractivity contribution in [2.45, 2.75) is 96.6 Å². The summed E-state index contributed by atoms with van der Waals surface area (Å²) in [6.07, 6.45) is 11.7. The van der Waals surface area contributed by atoms with Crippen molar-refractivity contribution in [1.82, 2.24) is 0 Å². The second-order valence-electron chi connectivity index (χ2n) is 6.38. The predicted molar refractivity (Wildman–Crippen MR) is 104 cm³/mol. The van der Waals surface area contributed by atoms with E-state index in [1.165, 1.54) is 42.9 Å². The fourth-order valence-electron chi connectivity index (χ4n) is 3.00. The van der Waals surface area contributed by atoms with Crippen LogP contribution >= 0.6 is 23.5 Å². The zero-order valence-electron chi connectivity index (χ0n) is 14.8. The molecule has 0 aromatic rings. The number of aliphatic imine (C=N–C) groups is 1. The summed E-state index contributed by atoms with van der Waals surface area (Å²) in [7, 11) is 0. The van der Waals surface area contributed by atoms with E-state index < -0.39 is 5.60 Å². The van der Waals surface area contributed by atoms with Crippen molar-refractivity contribution >= 4 is 27.9 Å². The maximum Gasteiger partial charge on any atom is 0.125 e. The van der Waals surface area contributed by atoms with Crippen LogP contribution in [-0.2, 0) is 0 Å². The van der Waals surface area contributed by atoms with Gasteiger partial charge in [0.15, 0.2) is 0 Å². The van der Waals surface area contributed by atoms with Crippen LogP contribution in [0.4, 0.5) is 0 Å². The molecule has 130 valence electrons. The molecule has 22 heavy (non-hydrogen) atoms. The molecule has 4 heteroatoms. The lowest BCUT2D eigenvalue weighted by Gasteiger charge is -2.32. The molecule has 1 aliphatic heterocycles. The van der Waals surface area contributed by atoms with Gasteiger partial charge in [-0.3, -0.25) is 4.99 Å². The van der Waals surface area contributed by atoms with Crippen LogP contribution in [0.1, 0.15) is 85.0 Å². The van der Waals surface area contributed by atoms with Gasteiger partial charge in [0, 0.05) is 5.75 Å². The van der Waals surface area contributed by atoms with Gasteiger partial charge >= 0.3 is 0 Å². The van der Waals surface area contributed by atoms with E-state index in [4.69, 9.17) is 4.99 Å². The molecule has 0 saturated heterocycles. The first-order chi connectivity index (χ1) is 10.7. The Morgan fingerprint density at radius 1 is 1.05 bits per heavy atom. The Morgan fingerprint density at radius 3 is 2.14 bits per heavy atom. The predicted octanol–water partition coefficient (Wildman–Crippen LogP) is 5.88. The van der Waals surface area contributed by atoms with Gasteiger partial charge in [-0.05, 0) is 18.6 Å². The Bertz CT molecular complexity index is 308. The molecule has 0 unspecified atom stereocenters. The smallest absolute Gasteiger partial charge is 0.125 e. The molecule has 1 rings (SSSR count). The highest BCUT2D eigenvalue weighted by Gasteiger charge is 2.38. The summed E-state index contributed by atoms with van der Waals surface area (Å²) in [5.74, 6) is 2.05. The van der Waals surface area contributed by atoms with Gasteiger partial charge in [0.1, 0.15) is 4.38 Å². The summed E-state index contributed by atoms with van der Waals surface area (Å²) >= 11 is 3.67. The molecule has 0 fully saturated rings. The molecule has 0 aromatic heterocycles. The first-order valence-corrected chi connectivity index (χ1v) is 11.2. The monoisotopic (exact) mass is 345 g/mol. The minimum absolute atomic E-state index is 0.120. The molecule has 0 amide bonds. The first kappa shape index (κ1) is 20.4. The van der Waals surface area contributed by atoms with Crippen molar-refractivity contribution in [3.63, 3.8) is 0 Å². The van der Waals surface area contributed by atoms with Gasteiger partial charge in [0.2, 0.25) is 0 Å². The van der Waals surface area contributed by atoms with Crippen molar-refractivity contribution in [2.75, 3.05) is 11.5 Å². The summed E-state index contributed by atoms with van der Waals surface area (Å²) in [6, 6.07) is 0.120. The number of rotatable bonds is 12. The number of hydrogen-bond acceptors (Lipinski definition) is 4. The average Bonchev–Trinajstić information content (AvgIpc) is 2.98. The van der Waals surface area contributed by atoms with Crippen LogP contribution in [0.25, 0.3) is 0 Å². The van der Waals surface area contributed by atoms with Crippen LogP contribution in [-0.4, -0.2) is 32.6 Å². The number of unbranched alkanes of at least 4 members (excludes halogenated alkanes) is 6. The molecule has 1 aliphatic rings.